The predicted molar refractivity (Wildman–Crippen MR) is 121 cm³/mol. The topological polar surface area (TPSA) is 78.1 Å². The van der Waals surface area contributed by atoms with Crippen molar-refractivity contribution in [3.8, 4) is 17.2 Å². The minimum absolute atomic E-state index is 0. The van der Waals surface area contributed by atoms with E-state index in [0.717, 1.165) is 23.4 Å². The summed E-state index contributed by atoms with van der Waals surface area (Å²) in [5.41, 5.74) is 7.64. The van der Waals surface area contributed by atoms with E-state index in [-0.39, 0.29) is 29.9 Å². The van der Waals surface area contributed by atoms with E-state index in [9.17, 15) is 0 Å². The normalized spacial score (nSPS) is 10.7. The average molecular weight is 506 g/mol. The molecule has 0 radical (unpaired) electrons. The number of guanidine groups is 1. The van der Waals surface area contributed by atoms with Gasteiger partial charge in [0.15, 0.2) is 17.5 Å². The monoisotopic (exact) mass is 505 g/mol. The largest absolute Gasteiger partial charge is 0.495 e. The Labute approximate surface area is 182 Å². The molecule has 6 nitrogen and oxygen atoms in total. The van der Waals surface area contributed by atoms with E-state index in [2.05, 4.69) is 17.2 Å². The van der Waals surface area contributed by atoms with Crippen molar-refractivity contribution in [1.82, 2.24) is 0 Å². The number of nitrogens with one attached hydrogen (secondary N) is 1. The first kappa shape index (κ1) is 23.2. The second kappa shape index (κ2) is 11.8. The fourth-order valence-electron chi connectivity index (χ4n) is 2.25. The second-order valence-corrected chi connectivity index (χ2v) is 5.92. The van der Waals surface area contributed by atoms with E-state index in [1.807, 2.05) is 24.3 Å². The number of hydrogen-bond donors (Lipinski definition) is 2. The van der Waals surface area contributed by atoms with Crippen LogP contribution in [0.4, 0.5) is 5.69 Å². The summed E-state index contributed by atoms with van der Waals surface area (Å²) in [7, 11) is 3.18. The zero-order valence-corrected chi connectivity index (χ0v) is 18.7. The smallest absolute Gasteiger partial charge is 0.193 e. The van der Waals surface area contributed by atoms with Gasteiger partial charge in [-0.25, -0.2) is 4.99 Å². The van der Waals surface area contributed by atoms with Crippen LogP contribution < -0.4 is 25.3 Å². The van der Waals surface area contributed by atoms with Crippen molar-refractivity contribution in [1.29, 1.82) is 0 Å². The molecule has 8 heteroatoms. The molecule has 0 aliphatic rings. The molecule has 0 saturated carbocycles. The maximum Gasteiger partial charge on any atom is 0.193 e. The molecule has 27 heavy (non-hydrogen) atoms. The molecule has 2 rings (SSSR count). The summed E-state index contributed by atoms with van der Waals surface area (Å²) in [5, 5.41) is 3.50. The minimum Gasteiger partial charge on any atom is -0.495 e. The third-order valence-electron chi connectivity index (χ3n) is 3.55. The van der Waals surface area contributed by atoms with E-state index in [4.69, 9.17) is 31.5 Å². The summed E-state index contributed by atoms with van der Waals surface area (Å²) in [5.74, 6) is 2.29. The van der Waals surface area contributed by atoms with Gasteiger partial charge in [0, 0.05) is 5.69 Å². The lowest BCUT2D eigenvalue weighted by molar-refractivity contribution is 0.294. The summed E-state index contributed by atoms with van der Waals surface area (Å²) in [6.45, 7) is 3.11. The lowest BCUT2D eigenvalue weighted by Gasteiger charge is -2.11. The van der Waals surface area contributed by atoms with Crippen LogP contribution in [0.3, 0.4) is 0 Å². The molecule has 0 amide bonds. The fourth-order valence-corrected chi connectivity index (χ4v) is 2.51. The number of methoxy groups -OCH3 is 2. The molecular formula is C19H25ClIN3O3. The van der Waals surface area contributed by atoms with Crippen LogP contribution in [-0.2, 0) is 6.54 Å². The van der Waals surface area contributed by atoms with Gasteiger partial charge in [-0.1, -0.05) is 24.6 Å². The molecule has 0 bridgehead atoms. The Bertz CT molecular complexity index is 772. The molecule has 0 fully saturated rings. The van der Waals surface area contributed by atoms with E-state index < -0.39 is 0 Å². The Morgan fingerprint density at radius 3 is 2.41 bits per heavy atom. The maximum absolute atomic E-state index is 6.10. The van der Waals surface area contributed by atoms with Crippen LogP contribution in [0.2, 0.25) is 5.02 Å². The van der Waals surface area contributed by atoms with Crippen LogP contribution in [0.5, 0.6) is 17.2 Å². The zero-order chi connectivity index (χ0) is 18.9. The van der Waals surface area contributed by atoms with Crippen molar-refractivity contribution in [3.63, 3.8) is 0 Å². The Hall–Kier alpha value is -1.87. The Morgan fingerprint density at radius 1 is 1.07 bits per heavy atom. The first-order valence-corrected chi connectivity index (χ1v) is 8.65. The number of ether oxygens (including phenoxy) is 3. The van der Waals surface area contributed by atoms with E-state index in [1.165, 1.54) is 0 Å². The molecule has 0 aliphatic heterocycles. The maximum atomic E-state index is 6.10. The Balaban J connectivity index is 0.00000364. The standard InChI is InChI=1S/C19H24ClN3O3.HI/c1-4-9-26-17-7-5-13(10-18(17)25-3)12-22-19(21)23-14-6-8-16(24-2)15(20)11-14;/h5-8,10-11H,4,9,12H2,1-3H3,(H3,21,22,23);1H. The molecule has 148 valence electrons. The van der Waals surface area contributed by atoms with E-state index >= 15 is 0 Å². The number of halogens is 2. The van der Waals surface area contributed by atoms with Gasteiger partial charge in [-0.3, -0.25) is 0 Å². The van der Waals surface area contributed by atoms with Crippen LogP contribution >= 0.6 is 35.6 Å². The molecule has 2 aromatic rings. The molecule has 0 aliphatic carbocycles. The highest BCUT2D eigenvalue weighted by atomic mass is 127. The molecule has 2 aromatic carbocycles. The van der Waals surface area contributed by atoms with Crippen LogP contribution in [0.25, 0.3) is 0 Å². The molecule has 0 unspecified atom stereocenters. The summed E-state index contributed by atoms with van der Waals surface area (Å²) in [6, 6.07) is 11.0. The summed E-state index contributed by atoms with van der Waals surface area (Å²) < 4.78 is 16.1. The van der Waals surface area contributed by atoms with Crippen molar-refractivity contribution >= 4 is 47.2 Å². The van der Waals surface area contributed by atoms with Gasteiger partial charge in [-0.15, -0.1) is 24.0 Å². The number of benzene rings is 2. The first-order valence-electron chi connectivity index (χ1n) is 8.27. The van der Waals surface area contributed by atoms with Crippen LogP contribution in [-0.4, -0.2) is 26.8 Å². The number of aliphatic imine (C=N–C) groups is 1. The average Bonchev–Trinajstić information content (AvgIpc) is 2.65. The lowest BCUT2D eigenvalue weighted by Crippen LogP contribution is -2.22. The van der Waals surface area contributed by atoms with Gasteiger partial charge in [0.25, 0.3) is 0 Å². The van der Waals surface area contributed by atoms with Gasteiger partial charge in [-0.2, -0.15) is 0 Å². The number of nitrogens with two attached hydrogens (primary N) is 1. The van der Waals surface area contributed by atoms with Gasteiger partial charge in [-0.05, 0) is 42.3 Å². The number of rotatable bonds is 8. The molecule has 0 atom stereocenters. The molecule has 0 spiro atoms. The molecular weight excluding hydrogens is 481 g/mol. The van der Waals surface area contributed by atoms with Gasteiger partial charge >= 0.3 is 0 Å². The highest BCUT2D eigenvalue weighted by Crippen LogP contribution is 2.29. The summed E-state index contributed by atoms with van der Waals surface area (Å²) in [6.07, 6.45) is 0.937. The highest BCUT2D eigenvalue weighted by Gasteiger charge is 2.06. The highest BCUT2D eigenvalue weighted by molar-refractivity contribution is 14.0. The predicted octanol–water partition coefficient (Wildman–Crippen LogP) is 4.69. The Kier molecular flexibility index (Phi) is 10.1. The third-order valence-corrected chi connectivity index (χ3v) is 3.84. The molecule has 0 saturated heterocycles. The van der Waals surface area contributed by atoms with Crippen molar-refractivity contribution in [2.75, 3.05) is 26.1 Å². The lowest BCUT2D eigenvalue weighted by atomic mass is 10.2. The third kappa shape index (κ3) is 6.99. The second-order valence-electron chi connectivity index (χ2n) is 5.51. The van der Waals surface area contributed by atoms with Gasteiger partial charge in [0.05, 0.1) is 32.4 Å². The molecule has 0 heterocycles. The van der Waals surface area contributed by atoms with Crippen LogP contribution in [0, 0.1) is 0 Å². The Morgan fingerprint density at radius 2 is 1.78 bits per heavy atom. The molecule has 3 N–H and O–H groups in total. The molecule has 0 aromatic heterocycles. The summed E-state index contributed by atoms with van der Waals surface area (Å²) >= 11 is 6.10. The van der Waals surface area contributed by atoms with Crippen molar-refractivity contribution in [3.05, 3.63) is 47.0 Å². The van der Waals surface area contributed by atoms with Crippen molar-refractivity contribution in [2.45, 2.75) is 19.9 Å². The fraction of sp³-hybridized carbons (Fsp3) is 0.316. The van der Waals surface area contributed by atoms with Gasteiger partial charge < -0.3 is 25.3 Å². The first-order chi connectivity index (χ1) is 12.6. The number of nitrogens with zero attached hydrogens (tertiary/aromatic N) is 1. The van der Waals surface area contributed by atoms with Gasteiger partial charge in [0.2, 0.25) is 0 Å². The zero-order valence-electron chi connectivity index (χ0n) is 15.6. The summed E-state index contributed by atoms with van der Waals surface area (Å²) in [4.78, 5) is 4.34. The quantitative estimate of drug-likeness (QED) is 0.309. The minimum atomic E-state index is 0. The number of anilines is 1. The van der Waals surface area contributed by atoms with Crippen LogP contribution in [0.15, 0.2) is 41.4 Å². The van der Waals surface area contributed by atoms with Crippen LogP contribution in [0.1, 0.15) is 18.9 Å². The van der Waals surface area contributed by atoms with E-state index in [0.29, 0.717) is 29.7 Å². The van der Waals surface area contributed by atoms with Crippen molar-refractivity contribution < 1.29 is 14.2 Å². The van der Waals surface area contributed by atoms with E-state index in [1.54, 1.807) is 26.4 Å². The number of hydrogen-bond acceptors (Lipinski definition) is 4. The van der Waals surface area contributed by atoms with Gasteiger partial charge in [0.1, 0.15) is 5.75 Å². The SMILES string of the molecule is CCCOc1ccc(CN=C(N)Nc2ccc(OC)c(Cl)c2)cc1OC.I. The van der Waals surface area contributed by atoms with Crippen molar-refractivity contribution in [2.24, 2.45) is 10.7 Å².